The number of nitrogens with one attached hydrogen (secondary N) is 1. The van der Waals surface area contributed by atoms with E-state index in [1.54, 1.807) is 0 Å². The summed E-state index contributed by atoms with van der Waals surface area (Å²) in [5.74, 6) is -3.82. The maximum absolute atomic E-state index is 13.0. The minimum absolute atomic E-state index is 0.0640. The van der Waals surface area contributed by atoms with E-state index in [2.05, 4.69) is 15.2 Å². The van der Waals surface area contributed by atoms with Crippen LogP contribution in [0.25, 0.3) is 0 Å². The van der Waals surface area contributed by atoms with E-state index in [1.807, 2.05) is 0 Å². The number of nitrogens with zero attached hydrogens (tertiary/aromatic N) is 2. The largest absolute Gasteiger partial charge is 0.468 e. The Kier molecular flexibility index (Phi) is 5.40. The maximum Gasteiger partial charge on any atom is 0.327 e. The van der Waals surface area contributed by atoms with Crippen molar-refractivity contribution in [3.8, 4) is 0 Å². The number of aromatic nitrogens is 2. The van der Waals surface area contributed by atoms with Gasteiger partial charge in [-0.2, -0.15) is 5.10 Å². The van der Waals surface area contributed by atoms with Crippen LogP contribution in [0.4, 0.5) is 14.5 Å². The maximum atomic E-state index is 13.0. The number of methoxy groups -OCH3 is 1. The highest BCUT2D eigenvalue weighted by Crippen LogP contribution is 2.18. The van der Waals surface area contributed by atoms with Gasteiger partial charge in [0.05, 0.1) is 32.1 Å². The fourth-order valence-electron chi connectivity index (χ4n) is 1.18. The predicted molar refractivity (Wildman–Crippen MR) is 68.0 cm³/mol. The van der Waals surface area contributed by atoms with Crippen LogP contribution < -0.4 is 16.6 Å². The fourth-order valence-corrected chi connectivity index (χ4v) is 1.40. The Morgan fingerprint density at radius 3 is 2.85 bits per heavy atom. The molecule has 112 valence electrons. The monoisotopic (exact) mass is 310 g/mol. The standard InChI is InChI=1S/C10H13ClF2N4O3/c1-20-7(18)3-17-9(19)8(11)6(2-16-17)15-5-10(12,13)4-14/h2,15H,3-5,14H2,1H3. The van der Waals surface area contributed by atoms with Crippen molar-refractivity contribution >= 4 is 23.3 Å². The molecule has 0 fully saturated rings. The summed E-state index contributed by atoms with van der Waals surface area (Å²) in [6.07, 6.45) is 1.07. The smallest absolute Gasteiger partial charge is 0.327 e. The van der Waals surface area contributed by atoms with E-state index in [4.69, 9.17) is 17.3 Å². The second-order valence-electron chi connectivity index (χ2n) is 3.82. The van der Waals surface area contributed by atoms with Gasteiger partial charge in [-0.15, -0.1) is 0 Å². The molecule has 0 bridgehead atoms. The second kappa shape index (κ2) is 6.62. The number of hydrogen-bond donors (Lipinski definition) is 2. The third kappa shape index (κ3) is 4.14. The Morgan fingerprint density at radius 2 is 2.30 bits per heavy atom. The van der Waals surface area contributed by atoms with Gasteiger partial charge in [-0.05, 0) is 0 Å². The molecule has 0 aliphatic heterocycles. The van der Waals surface area contributed by atoms with Gasteiger partial charge in [-0.25, -0.2) is 13.5 Å². The molecule has 0 spiro atoms. The molecule has 10 heteroatoms. The second-order valence-corrected chi connectivity index (χ2v) is 4.20. The van der Waals surface area contributed by atoms with E-state index in [9.17, 15) is 18.4 Å². The Balaban J connectivity index is 2.89. The Bertz CT molecular complexity index is 550. The van der Waals surface area contributed by atoms with Gasteiger partial charge < -0.3 is 15.8 Å². The van der Waals surface area contributed by atoms with Gasteiger partial charge in [0, 0.05) is 0 Å². The molecule has 0 atom stereocenters. The predicted octanol–water partition coefficient (Wildman–Crippen LogP) is 0.0756. The summed E-state index contributed by atoms with van der Waals surface area (Å²) in [4.78, 5) is 22.8. The number of hydrogen-bond acceptors (Lipinski definition) is 6. The highest BCUT2D eigenvalue weighted by molar-refractivity contribution is 6.32. The van der Waals surface area contributed by atoms with Gasteiger partial charge in [0.15, 0.2) is 0 Å². The van der Waals surface area contributed by atoms with E-state index < -0.39 is 37.1 Å². The Morgan fingerprint density at radius 1 is 1.65 bits per heavy atom. The molecule has 3 N–H and O–H groups in total. The molecule has 7 nitrogen and oxygen atoms in total. The molecule has 1 aromatic heterocycles. The molecule has 1 heterocycles. The molecular formula is C10H13ClF2N4O3. The van der Waals surface area contributed by atoms with E-state index in [0.29, 0.717) is 0 Å². The first-order valence-corrected chi connectivity index (χ1v) is 5.82. The quantitative estimate of drug-likeness (QED) is 0.722. The molecule has 0 unspecified atom stereocenters. The number of nitrogens with two attached hydrogens (primary N) is 1. The van der Waals surface area contributed by atoms with Crippen molar-refractivity contribution in [3.63, 3.8) is 0 Å². The third-order valence-electron chi connectivity index (χ3n) is 2.33. The number of anilines is 1. The molecular weight excluding hydrogens is 298 g/mol. The molecule has 0 amide bonds. The van der Waals surface area contributed by atoms with Gasteiger partial charge in [0.2, 0.25) is 0 Å². The molecule has 0 aliphatic carbocycles. The minimum Gasteiger partial charge on any atom is -0.468 e. The van der Waals surface area contributed by atoms with Crippen LogP contribution in [0.15, 0.2) is 11.0 Å². The Hall–Kier alpha value is -1.74. The van der Waals surface area contributed by atoms with Crippen molar-refractivity contribution < 1.29 is 18.3 Å². The first kappa shape index (κ1) is 16.3. The SMILES string of the molecule is COC(=O)Cn1ncc(NCC(F)(F)CN)c(Cl)c1=O. The summed E-state index contributed by atoms with van der Waals surface area (Å²) < 4.78 is 31.1. The Labute approximate surface area is 117 Å². The van der Waals surface area contributed by atoms with Gasteiger partial charge >= 0.3 is 5.97 Å². The average molecular weight is 311 g/mol. The summed E-state index contributed by atoms with van der Waals surface area (Å²) >= 11 is 5.73. The molecule has 1 aromatic rings. The lowest BCUT2D eigenvalue weighted by molar-refractivity contribution is -0.141. The average Bonchev–Trinajstić information content (AvgIpc) is 2.43. The summed E-state index contributed by atoms with van der Waals surface area (Å²) in [7, 11) is 1.15. The summed E-state index contributed by atoms with van der Waals surface area (Å²) in [5, 5.41) is 5.57. The van der Waals surface area contributed by atoms with Crippen molar-refractivity contribution in [2.45, 2.75) is 12.5 Å². The number of rotatable bonds is 6. The third-order valence-corrected chi connectivity index (χ3v) is 2.69. The molecule has 0 saturated carbocycles. The van der Waals surface area contributed by atoms with E-state index >= 15 is 0 Å². The highest BCUT2D eigenvalue weighted by atomic mass is 35.5. The molecule has 20 heavy (non-hydrogen) atoms. The van der Waals surface area contributed by atoms with Crippen molar-refractivity contribution in [1.29, 1.82) is 0 Å². The van der Waals surface area contributed by atoms with Gasteiger partial charge in [-0.3, -0.25) is 9.59 Å². The number of esters is 1. The summed E-state index contributed by atoms with van der Waals surface area (Å²) in [6, 6.07) is 0. The van der Waals surface area contributed by atoms with Gasteiger partial charge in [0.25, 0.3) is 11.5 Å². The lowest BCUT2D eigenvalue weighted by Gasteiger charge is -2.16. The van der Waals surface area contributed by atoms with Crippen LogP contribution in [0, 0.1) is 0 Å². The van der Waals surface area contributed by atoms with Crippen LogP contribution in [-0.2, 0) is 16.1 Å². The zero-order chi connectivity index (χ0) is 15.3. The van der Waals surface area contributed by atoms with Crippen molar-refractivity contribution in [2.75, 3.05) is 25.5 Å². The van der Waals surface area contributed by atoms with Crippen LogP contribution in [0.1, 0.15) is 0 Å². The van der Waals surface area contributed by atoms with Crippen LogP contribution in [-0.4, -0.2) is 41.9 Å². The molecule has 0 aliphatic rings. The summed E-state index contributed by atoms with van der Waals surface area (Å²) in [5.41, 5.74) is 4.02. The molecule has 0 radical (unpaired) electrons. The van der Waals surface area contributed by atoms with E-state index in [0.717, 1.165) is 18.0 Å². The topological polar surface area (TPSA) is 99.2 Å². The van der Waals surface area contributed by atoms with E-state index in [1.165, 1.54) is 0 Å². The lowest BCUT2D eigenvalue weighted by Crippen LogP contribution is -2.36. The minimum atomic E-state index is -3.13. The lowest BCUT2D eigenvalue weighted by atomic mass is 10.3. The first-order valence-electron chi connectivity index (χ1n) is 5.45. The first-order chi connectivity index (χ1) is 9.30. The molecule has 0 aromatic carbocycles. The normalized spacial score (nSPS) is 11.2. The van der Waals surface area contributed by atoms with Crippen LogP contribution >= 0.6 is 11.6 Å². The number of carbonyl (C=O) groups is 1. The highest BCUT2D eigenvalue weighted by Gasteiger charge is 2.26. The van der Waals surface area contributed by atoms with Crippen LogP contribution in [0.5, 0.6) is 0 Å². The van der Waals surface area contributed by atoms with Gasteiger partial charge in [0.1, 0.15) is 11.6 Å². The van der Waals surface area contributed by atoms with Crippen molar-refractivity contribution in [2.24, 2.45) is 5.73 Å². The van der Waals surface area contributed by atoms with E-state index in [-0.39, 0.29) is 10.7 Å². The van der Waals surface area contributed by atoms with Crippen LogP contribution in [0.3, 0.4) is 0 Å². The van der Waals surface area contributed by atoms with Crippen molar-refractivity contribution in [3.05, 3.63) is 21.6 Å². The number of halogens is 3. The van der Waals surface area contributed by atoms with Crippen molar-refractivity contribution in [1.82, 2.24) is 9.78 Å². The summed E-state index contributed by atoms with van der Waals surface area (Å²) in [6.45, 7) is -2.05. The zero-order valence-corrected chi connectivity index (χ0v) is 11.3. The molecule has 1 rings (SSSR count). The number of carbonyl (C=O) groups excluding carboxylic acids is 1. The fraction of sp³-hybridized carbons (Fsp3) is 0.500. The number of alkyl halides is 2. The van der Waals surface area contributed by atoms with Gasteiger partial charge in [-0.1, -0.05) is 11.6 Å². The number of ether oxygens (including phenoxy) is 1. The van der Waals surface area contributed by atoms with Crippen LogP contribution in [0.2, 0.25) is 5.02 Å². The zero-order valence-electron chi connectivity index (χ0n) is 10.5. The molecule has 0 saturated heterocycles.